The molecule has 0 unspecified atom stereocenters. The first-order valence-corrected chi connectivity index (χ1v) is 30.4. The maximum absolute atomic E-state index is 14.7. The normalized spacial score (nSPS) is 11.7. The quantitative estimate of drug-likeness (QED) is 0.0133. The van der Waals surface area contributed by atoms with Crippen molar-refractivity contribution in [2.75, 3.05) is 52.4 Å². The number of esters is 2. The number of benzene rings is 5. The van der Waals surface area contributed by atoms with Crippen molar-refractivity contribution in [3.8, 4) is 0 Å². The van der Waals surface area contributed by atoms with Gasteiger partial charge in [0.05, 0.1) is 0 Å². The number of rotatable bonds is 34. The summed E-state index contributed by atoms with van der Waals surface area (Å²) in [5, 5.41) is 16.0. The molecule has 0 aromatic heterocycles. The predicted molar refractivity (Wildman–Crippen MR) is 337 cm³/mol. The summed E-state index contributed by atoms with van der Waals surface area (Å²) in [7, 11) is 0. The highest BCUT2D eigenvalue weighted by Gasteiger charge is 2.32. The van der Waals surface area contributed by atoms with E-state index in [-0.39, 0.29) is 76.2 Å². The minimum atomic E-state index is -1.25. The maximum Gasteiger partial charge on any atom is 0.407 e. The Hall–Kier alpha value is -9.74. The van der Waals surface area contributed by atoms with Gasteiger partial charge in [0, 0.05) is 37.3 Å². The Balaban J connectivity index is 1.34. The lowest BCUT2D eigenvalue weighted by atomic mass is 10.1. The molecule has 0 saturated carbocycles. The zero-order valence-electron chi connectivity index (χ0n) is 53.0. The lowest BCUT2D eigenvalue weighted by molar-refractivity contribution is -0.159. The van der Waals surface area contributed by atoms with Crippen molar-refractivity contribution in [3.05, 3.63) is 178 Å². The van der Waals surface area contributed by atoms with Gasteiger partial charge in [-0.3, -0.25) is 28.8 Å². The standard InChI is InChI=1S/C68H84F2N8O14/c1-67(2,3)91-63(85)55(24-13-15-36-73-65(87)89-45-49-18-9-7-10-19-49)75-59(81)43-77(41-57(79)71-38-34-47-26-30-53(69)31-27-47)61(83)51-22-17-23-52(40-51)62(84)78(42-58(80)72-39-35-48-28-32-54(70)33-29-48)44-60(82)76-56(64(86)92-68(4,5)6)25-14-16-37-74-66(88)90-46-50-20-11-8-12-21-50/h7-12,17-23,26-33,40,55-56H,13-16,24-25,34-39,41-46H2,1-6H3,(H,71,79)(H,72,80)(H,73,87)(H,74,88)(H,75,81)(H,76,82)/t55-,56-/m0/s1. The highest BCUT2D eigenvalue weighted by atomic mass is 19.1. The van der Waals surface area contributed by atoms with Crippen molar-refractivity contribution in [2.45, 2.75) is 129 Å². The molecular weight excluding hydrogens is 1190 g/mol. The van der Waals surface area contributed by atoms with Gasteiger partial charge in [0.1, 0.15) is 74.3 Å². The molecule has 0 radical (unpaired) electrons. The number of nitrogens with one attached hydrogen (secondary N) is 6. The molecule has 0 heterocycles. The van der Waals surface area contributed by atoms with E-state index < -0.39 is 121 Å². The summed E-state index contributed by atoms with van der Waals surface area (Å²) >= 11 is 0. The van der Waals surface area contributed by atoms with E-state index in [2.05, 4.69) is 31.9 Å². The first-order chi connectivity index (χ1) is 43.8. The Morgan fingerprint density at radius 1 is 0.413 bits per heavy atom. The second-order valence-electron chi connectivity index (χ2n) is 23.6. The Morgan fingerprint density at radius 2 is 0.772 bits per heavy atom. The summed E-state index contributed by atoms with van der Waals surface area (Å²) in [5.74, 6) is -7.47. The second-order valence-corrected chi connectivity index (χ2v) is 23.6. The number of hydrogen-bond donors (Lipinski definition) is 6. The van der Waals surface area contributed by atoms with Gasteiger partial charge in [0.15, 0.2) is 0 Å². The average molecular weight is 1280 g/mol. The lowest BCUT2D eigenvalue weighted by Gasteiger charge is -2.27. The fraction of sp³-hybridized carbons (Fsp3) is 0.412. The third-order valence-electron chi connectivity index (χ3n) is 13.4. The molecule has 24 heteroatoms. The number of carbonyl (C=O) groups excluding carboxylic acids is 10. The van der Waals surface area contributed by atoms with Crippen molar-refractivity contribution in [3.63, 3.8) is 0 Å². The van der Waals surface area contributed by atoms with Crippen LogP contribution in [-0.2, 0) is 73.8 Å². The van der Waals surface area contributed by atoms with Crippen LogP contribution in [0.1, 0.15) is 123 Å². The molecule has 5 aromatic rings. The molecule has 0 bridgehead atoms. The number of carbonyl (C=O) groups is 10. The lowest BCUT2D eigenvalue weighted by Crippen LogP contribution is -2.50. The Labute approximate surface area is 535 Å². The van der Waals surface area contributed by atoms with Gasteiger partial charge in [-0.15, -0.1) is 0 Å². The van der Waals surface area contributed by atoms with Gasteiger partial charge in [-0.1, -0.05) is 91.0 Å². The molecule has 92 heavy (non-hydrogen) atoms. The summed E-state index contributed by atoms with van der Waals surface area (Å²) in [6.45, 7) is 7.43. The van der Waals surface area contributed by atoms with E-state index in [0.29, 0.717) is 36.8 Å². The van der Waals surface area contributed by atoms with Crippen LogP contribution in [0.5, 0.6) is 0 Å². The van der Waals surface area contributed by atoms with Gasteiger partial charge >= 0.3 is 24.1 Å². The van der Waals surface area contributed by atoms with Crippen molar-refractivity contribution in [1.82, 2.24) is 41.7 Å². The fourth-order valence-electron chi connectivity index (χ4n) is 8.95. The molecule has 2 atom stereocenters. The predicted octanol–water partition coefficient (Wildman–Crippen LogP) is 7.41. The molecule has 5 rings (SSSR count). The zero-order chi connectivity index (χ0) is 67.1. The molecular formula is C68H84F2N8O14. The largest absolute Gasteiger partial charge is 0.458 e. The van der Waals surface area contributed by atoms with Gasteiger partial charge < -0.3 is 60.6 Å². The Kier molecular flexibility index (Phi) is 29.7. The van der Waals surface area contributed by atoms with Crippen LogP contribution in [0.15, 0.2) is 133 Å². The fourth-order valence-corrected chi connectivity index (χ4v) is 8.95. The molecule has 494 valence electrons. The third-order valence-corrected chi connectivity index (χ3v) is 13.4. The van der Waals surface area contributed by atoms with Crippen molar-refractivity contribution >= 4 is 59.6 Å². The number of amides is 8. The number of ether oxygens (including phenoxy) is 4. The molecule has 0 aliphatic heterocycles. The van der Waals surface area contributed by atoms with Crippen molar-refractivity contribution in [2.24, 2.45) is 0 Å². The second kappa shape index (κ2) is 37.4. The molecule has 0 aliphatic rings. The van der Waals surface area contributed by atoms with E-state index in [0.717, 1.165) is 27.0 Å². The Bertz CT molecular complexity index is 3020. The number of halogens is 2. The monoisotopic (exact) mass is 1270 g/mol. The van der Waals surface area contributed by atoms with Crippen LogP contribution < -0.4 is 31.9 Å². The van der Waals surface area contributed by atoms with Crippen LogP contribution in [0.3, 0.4) is 0 Å². The first kappa shape index (κ1) is 73.0. The summed E-state index contributed by atoms with van der Waals surface area (Å²) < 4.78 is 49.1. The SMILES string of the molecule is CC(C)(C)OC(=O)[C@H](CCCCNC(=O)OCc1ccccc1)NC(=O)CN(CC(=O)NCCc1ccc(F)cc1)C(=O)c1cccc(C(=O)N(CC(=O)NCCc2ccc(F)cc2)CC(=O)N[C@@H](CCCCNC(=O)OCc2ccccc2)C(=O)OC(C)(C)C)c1. The highest BCUT2D eigenvalue weighted by Crippen LogP contribution is 2.17. The summed E-state index contributed by atoms with van der Waals surface area (Å²) in [6, 6.07) is 32.1. The minimum Gasteiger partial charge on any atom is -0.458 e. The van der Waals surface area contributed by atoms with Gasteiger partial charge in [-0.25, -0.2) is 28.0 Å². The number of alkyl carbamates (subject to hydrolysis) is 2. The van der Waals surface area contributed by atoms with Gasteiger partial charge in [0.25, 0.3) is 11.8 Å². The molecule has 0 spiro atoms. The van der Waals surface area contributed by atoms with Crippen LogP contribution in [-0.4, -0.2) is 145 Å². The highest BCUT2D eigenvalue weighted by molar-refractivity contribution is 6.03. The van der Waals surface area contributed by atoms with E-state index >= 15 is 0 Å². The topological polar surface area (TPSA) is 286 Å². The summed E-state index contributed by atoms with van der Waals surface area (Å²) in [5.41, 5.74) is 0.628. The molecule has 22 nitrogen and oxygen atoms in total. The molecule has 0 fully saturated rings. The van der Waals surface area contributed by atoms with E-state index in [1.54, 1.807) is 65.8 Å². The summed E-state index contributed by atoms with van der Waals surface area (Å²) in [6.07, 6.45) is 0.677. The Morgan fingerprint density at radius 3 is 1.13 bits per heavy atom. The average Bonchev–Trinajstić information content (AvgIpc) is 0.944. The summed E-state index contributed by atoms with van der Waals surface area (Å²) in [4.78, 5) is 139. The van der Waals surface area contributed by atoms with Gasteiger partial charge in [-0.2, -0.15) is 0 Å². The van der Waals surface area contributed by atoms with Gasteiger partial charge in [-0.05, 0) is 158 Å². The smallest absolute Gasteiger partial charge is 0.407 e. The molecule has 8 amide bonds. The van der Waals surface area contributed by atoms with Crippen molar-refractivity contribution in [1.29, 1.82) is 0 Å². The van der Waals surface area contributed by atoms with Crippen LogP contribution >= 0.6 is 0 Å². The zero-order valence-corrected chi connectivity index (χ0v) is 53.0. The molecule has 6 N–H and O–H groups in total. The van der Waals surface area contributed by atoms with Crippen LogP contribution in [0.4, 0.5) is 18.4 Å². The van der Waals surface area contributed by atoms with Crippen LogP contribution in [0.2, 0.25) is 0 Å². The van der Waals surface area contributed by atoms with Crippen molar-refractivity contribution < 1.29 is 75.7 Å². The number of nitrogens with zero attached hydrogens (tertiary/aromatic N) is 2. The van der Waals surface area contributed by atoms with Gasteiger partial charge in [0.2, 0.25) is 23.6 Å². The van der Waals surface area contributed by atoms with E-state index in [1.165, 1.54) is 42.5 Å². The van der Waals surface area contributed by atoms with E-state index in [1.807, 2.05) is 60.7 Å². The van der Waals surface area contributed by atoms with E-state index in [9.17, 15) is 56.7 Å². The first-order valence-electron chi connectivity index (χ1n) is 30.4. The molecule has 5 aromatic carbocycles. The maximum atomic E-state index is 14.7. The third kappa shape index (κ3) is 28.8. The van der Waals surface area contributed by atoms with Crippen LogP contribution in [0.25, 0.3) is 0 Å². The number of hydrogen-bond acceptors (Lipinski definition) is 14. The van der Waals surface area contributed by atoms with E-state index in [4.69, 9.17) is 18.9 Å². The number of unbranched alkanes of at least 4 members (excludes halogenated alkanes) is 2. The van der Waals surface area contributed by atoms with Crippen LogP contribution in [0, 0.1) is 11.6 Å². The molecule has 0 aliphatic carbocycles. The minimum absolute atomic E-state index is 0.0408. The molecule has 0 saturated heterocycles.